The van der Waals surface area contributed by atoms with E-state index in [-0.39, 0.29) is 0 Å². The van der Waals surface area contributed by atoms with Gasteiger partial charge in [-0.3, -0.25) is 0 Å². The van der Waals surface area contributed by atoms with E-state index in [1.54, 1.807) is 0 Å². The van der Waals surface area contributed by atoms with Crippen LogP contribution in [-0.2, 0) is 0 Å². The molecule has 2 rings (SSSR count). The third-order valence-corrected chi connectivity index (χ3v) is 3.26. The number of aliphatic imine (C=N–C) groups is 1. The van der Waals surface area contributed by atoms with E-state index in [4.69, 9.17) is 5.73 Å². The zero-order chi connectivity index (χ0) is 10.1. The quantitative estimate of drug-likeness (QED) is 0.638. The molecule has 0 saturated heterocycles. The smallest absolute Gasteiger partial charge is 0.103 e. The molecule has 0 radical (unpaired) electrons. The molecule has 0 aromatic heterocycles. The van der Waals surface area contributed by atoms with Crippen LogP contribution in [0.1, 0.15) is 18.4 Å². The molecule has 14 heavy (non-hydrogen) atoms. The molecular formula is C11H13BrN2. The van der Waals surface area contributed by atoms with Crippen LogP contribution in [0, 0.1) is 12.8 Å². The summed E-state index contributed by atoms with van der Waals surface area (Å²) in [6.45, 7) is 2.06. The molecule has 0 bridgehead atoms. The molecule has 1 aliphatic rings. The Kier molecular flexibility index (Phi) is 2.59. The van der Waals surface area contributed by atoms with Gasteiger partial charge < -0.3 is 5.73 Å². The lowest BCUT2D eigenvalue weighted by Gasteiger charge is -2.01. The SMILES string of the molecule is Cc1ccc(N=C(N)C2CC2)cc1Br. The fourth-order valence-corrected chi connectivity index (χ4v) is 1.64. The first-order valence-corrected chi connectivity index (χ1v) is 5.56. The van der Waals surface area contributed by atoms with Crippen LogP contribution in [0.3, 0.4) is 0 Å². The molecule has 2 nitrogen and oxygen atoms in total. The van der Waals surface area contributed by atoms with Crippen LogP contribution < -0.4 is 5.73 Å². The third kappa shape index (κ3) is 2.15. The topological polar surface area (TPSA) is 38.4 Å². The molecule has 74 valence electrons. The maximum absolute atomic E-state index is 5.83. The number of rotatable bonds is 2. The maximum Gasteiger partial charge on any atom is 0.103 e. The van der Waals surface area contributed by atoms with Gasteiger partial charge in [0.25, 0.3) is 0 Å². The van der Waals surface area contributed by atoms with Gasteiger partial charge in [-0.1, -0.05) is 22.0 Å². The lowest BCUT2D eigenvalue weighted by atomic mass is 10.2. The van der Waals surface area contributed by atoms with Crippen molar-refractivity contribution in [3.63, 3.8) is 0 Å². The minimum Gasteiger partial charge on any atom is -0.387 e. The number of amidine groups is 1. The summed E-state index contributed by atoms with van der Waals surface area (Å²) in [7, 11) is 0. The molecule has 0 unspecified atom stereocenters. The van der Waals surface area contributed by atoms with Crippen LogP contribution >= 0.6 is 15.9 Å². The van der Waals surface area contributed by atoms with Gasteiger partial charge in [-0.05, 0) is 37.5 Å². The summed E-state index contributed by atoms with van der Waals surface area (Å²) in [5.41, 5.74) is 7.99. The van der Waals surface area contributed by atoms with Crippen molar-refractivity contribution in [1.29, 1.82) is 0 Å². The van der Waals surface area contributed by atoms with Gasteiger partial charge in [-0.15, -0.1) is 0 Å². The molecule has 0 aliphatic heterocycles. The van der Waals surface area contributed by atoms with Gasteiger partial charge in [-0.25, -0.2) is 4.99 Å². The lowest BCUT2D eigenvalue weighted by molar-refractivity contribution is 1.15. The summed E-state index contributed by atoms with van der Waals surface area (Å²) >= 11 is 3.48. The number of nitrogens with two attached hydrogens (primary N) is 1. The van der Waals surface area contributed by atoms with E-state index in [1.807, 2.05) is 18.2 Å². The highest BCUT2D eigenvalue weighted by Gasteiger charge is 2.25. The van der Waals surface area contributed by atoms with Crippen molar-refractivity contribution in [1.82, 2.24) is 0 Å². The Morgan fingerprint density at radius 1 is 1.50 bits per heavy atom. The maximum atomic E-state index is 5.83. The van der Waals surface area contributed by atoms with Crippen LogP contribution in [-0.4, -0.2) is 5.84 Å². The van der Waals surface area contributed by atoms with Crippen LogP contribution in [0.2, 0.25) is 0 Å². The van der Waals surface area contributed by atoms with Crippen LogP contribution in [0.25, 0.3) is 0 Å². The summed E-state index contributed by atoms with van der Waals surface area (Å²) in [5, 5.41) is 0. The van der Waals surface area contributed by atoms with Crippen molar-refractivity contribution in [2.75, 3.05) is 0 Å². The van der Waals surface area contributed by atoms with Crippen molar-refractivity contribution < 1.29 is 0 Å². The molecule has 1 aromatic carbocycles. The predicted octanol–water partition coefficient (Wildman–Crippen LogP) is 3.16. The van der Waals surface area contributed by atoms with Gasteiger partial charge in [-0.2, -0.15) is 0 Å². The van der Waals surface area contributed by atoms with Crippen LogP contribution in [0.15, 0.2) is 27.7 Å². The minimum absolute atomic E-state index is 0.537. The fourth-order valence-electron chi connectivity index (χ4n) is 1.27. The van der Waals surface area contributed by atoms with Gasteiger partial charge in [0, 0.05) is 10.4 Å². The highest BCUT2D eigenvalue weighted by atomic mass is 79.9. The standard InChI is InChI=1S/C11H13BrN2/c1-7-2-5-9(6-10(7)12)14-11(13)8-3-4-8/h2,5-6,8H,3-4H2,1H3,(H2,13,14). The molecule has 1 aliphatic carbocycles. The minimum atomic E-state index is 0.537. The molecule has 0 atom stereocenters. The number of hydrogen-bond acceptors (Lipinski definition) is 1. The van der Waals surface area contributed by atoms with Gasteiger partial charge in [0.05, 0.1) is 5.69 Å². The summed E-state index contributed by atoms with van der Waals surface area (Å²) in [6, 6.07) is 6.04. The Morgan fingerprint density at radius 2 is 2.21 bits per heavy atom. The summed E-state index contributed by atoms with van der Waals surface area (Å²) in [4.78, 5) is 4.39. The molecule has 1 aromatic rings. The normalized spacial score (nSPS) is 17.1. The predicted molar refractivity (Wildman–Crippen MR) is 62.9 cm³/mol. The molecule has 1 saturated carbocycles. The number of benzene rings is 1. The zero-order valence-corrected chi connectivity index (χ0v) is 9.71. The van der Waals surface area contributed by atoms with Gasteiger partial charge in [0.1, 0.15) is 5.84 Å². The largest absolute Gasteiger partial charge is 0.387 e. The molecule has 0 spiro atoms. The van der Waals surface area contributed by atoms with E-state index < -0.39 is 0 Å². The first-order valence-electron chi connectivity index (χ1n) is 4.77. The lowest BCUT2D eigenvalue weighted by Crippen LogP contribution is -2.12. The highest BCUT2D eigenvalue weighted by Crippen LogP contribution is 2.30. The average Bonchev–Trinajstić information content (AvgIpc) is 2.94. The molecule has 3 heteroatoms. The Morgan fingerprint density at radius 3 is 2.79 bits per heavy atom. The van der Waals surface area contributed by atoms with Crippen LogP contribution in [0.4, 0.5) is 5.69 Å². The van der Waals surface area contributed by atoms with E-state index in [0.717, 1.165) is 16.0 Å². The van der Waals surface area contributed by atoms with Crippen LogP contribution in [0.5, 0.6) is 0 Å². The second kappa shape index (κ2) is 3.73. The summed E-state index contributed by atoms with van der Waals surface area (Å²) in [6.07, 6.45) is 2.39. The van der Waals surface area contributed by atoms with Gasteiger partial charge in [0.2, 0.25) is 0 Å². The van der Waals surface area contributed by atoms with E-state index in [1.165, 1.54) is 18.4 Å². The first kappa shape index (κ1) is 9.71. The second-order valence-corrected chi connectivity index (χ2v) is 4.60. The number of halogens is 1. The third-order valence-electron chi connectivity index (χ3n) is 2.41. The van der Waals surface area contributed by atoms with E-state index in [0.29, 0.717) is 5.92 Å². The number of hydrogen-bond donors (Lipinski definition) is 1. The Bertz CT molecular complexity index is 381. The number of aryl methyl sites for hydroxylation is 1. The molecule has 2 N–H and O–H groups in total. The number of nitrogens with zero attached hydrogens (tertiary/aromatic N) is 1. The highest BCUT2D eigenvalue weighted by molar-refractivity contribution is 9.10. The van der Waals surface area contributed by atoms with Crippen molar-refractivity contribution in [2.45, 2.75) is 19.8 Å². The second-order valence-electron chi connectivity index (χ2n) is 3.74. The molecular weight excluding hydrogens is 240 g/mol. The van der Waals surface area contributed by atoms with Crippen molar-refractivity contribution >= 4 is 27.5 Å². The van der Waals surface area contributed by atoms with Crippen molar-refractivity contribution in [2.24, 2.45) is 16.6 Å². The Balaban J connectivity index is 2.24. The van der Waals surface area contributed by atoms with E-state index in [9.17, 15) is 0 Å². The van der Waals surface area contributed by atoms with E-state index >= 15 is 0 Å². The molecule has 1 fully saturated rings. The zero-order valence-electron chi connectivity index (χ0n) is 8.13. The Hall–Kier alpha value is -0.830. The molecule has 0 amide bonds. The average molecular weight is 253 g/mol. The van der Waals surface area contributed by atoms with Gasteiger partial charge >= 0.3 is 0 Å². The first-order chi connectivity index (χ1) is 6.66. The monoisotopic (exact) mass is 252 g/mol. The molecule has 0 heterocycles. The summed E-state index contributed by atoms with van der Waals surface area (Å²) in [5.74, 6) is 1.32. The summed E-state index contributed by atoms with van der Waals surface area (Å²) < 4.78 is 1.09. The van der Waals surface area contributed by atoms with Crippen molar-refractivity contribution in [3.05, 3.63) is 28.2 Å². The van der Waals surface area contributed by atoms with Crippen molar-refractivity contribution in [3.8, 4) is 0 Å². The Labute approximate surface area is 92.4 Å². The fraction of sp³-hybridized carbons (Fsp3) is 0.364. The van der Waals surface area contributed by atoms with Gasteiger partial charge in [0.15, 0.2) is 0 Å². The van der Waals surface area contributed by atoms with E-state index in [2.05, 4.69) is 27.8 Å².